The standard InChI is InChI=1S/C9H4Cl2N2O2.ClH/c10-7-5-2-1-4(8(14)15)3-6(5)12-9(11)13-7;/h1-3H,(H,14,15);1H. The van der Waals surface area contributed by atoms with Crippen molar-refractivity contribution >= 4 is 52.5 Å². The third-order valence-electron chi connectivity index (χ3n) is 1.87. The molecule has 0 aliphatic carbocycles. The highest BCUT2D eigenvalue weighted by Gasteiger charge is 2.08. The van der Waals surface area contributed by atoms with Crippen LogP contribution in [0.4, 0.5) is 0 Å². The average molecular weight is 280 g/mol. The Morgan fingerprint density at radius 1 is 1.25 bits per heavy atom. The van der Waals surface area contributed by atoms with Crippen LogP contribution in [0.15, 0.2) is 18.2 Å². The van der Waals surface area contributed by atoms with Crippen molar-refractivity contribution in [3.8, 4) is 0 Å². The van der Waals surface area contributed by atoms with Crippen LogP contribution in [0.1, 0.15) is 10.4 Å². The van der Waals surface area contributed by atoms with Crippen LogP contribution in [0.25, 0.3) is 10.9 Å². The number of aromatic carboxylic acids is 1. The van der Waals surface area contributed by atoms with Gasteiger partial charge in [-0.25, -0.2) is 14.8 Å². The lowest BCUT2D eigenvalue weighted by Gasteiger charge is -2.01. The van der Waals surface area contributed by atoms with Gasteiger partial charge >= 0.3 is 5.97 Å². The fourth-order valence-electron chi connectivity index (χ4n) is 1.20. The second kappa shape index (κ2) is 4.82. The summed E-state index contributed by atoms with van der Waals surface area (Å²) in [5, 5.41) is 9.55. The number of aromatic nitrogens is 2. The van der Waals surface area contributed by atoms with Crippen LogP contribution in [0.5, 0.6) is 0 Å². The number of benzene rings is 1. The lowest BCUT2D eigenvalue weighted by atomic mass is 10.1. The molecule has 0 fully saturated rings. The zero-order valence-corrected chi connectivity index (χ0v) is 9.97. The number of nitrogens with zero attached hydrogens (tertiary/aromatic N) is 2. The molecule has 1 aromatic heterocycles. The first-order chi connectivity index (χ1) is 7.08. The molecule has 0 amide bonds. The van der Waals surface area contributed by atoms with Gasteiger partial charge in [0.05, 0.1) is 11.1 Å². The molecule has 0 unspecified atom stereocenters. The number of rotatable bonds is 1. The van der Waals surface area contributed by atoms with Gasteiger partial charge in [-0.15, -0.1) is 12.4 Å². The first-order valence-electron chi connectivity index (χ1n) is 3.94. The van der Waals surface area contributed by atoms with Gasteiger partial charge in [-0.3, -0.25) is 0 Å². The number of fused-ring (bicyclic) bond motifs is 1. The maximum absolute atomic E-state index is 10.7. The molecule has 0 aliphatic heterocycles. The van der Waals surface area contributed by atoms with E-state index in [1.165, 1.54) is 12.1 Å². The molecular weight excluding hydrogens is 274 g/mol. The SMILES string of the molecule is Cl.O=C(O)c1ccc2c(Cl)nc(Cl)nc2c1. The van der Waals surface area contributed by atoms with E-state index in [1.54, 1.807) is 6.07 Å². The van der Waals surface area contributed by atoms with Crippen molar-refractivity contribution in [3.05, 3.63) is 34.2 Å². The summed E-state index contributed by atoms with van der Waals surface area (Å²) in [5.74, 6) is -1.03. The van der Waals surface area contributed by atoms with Crippen molar-refractivity contribution in [3.63, 3.8) is 0 Å². The van der Waals surface area contributed by atoms with Gasteiger partial charge in [0.25, 0.3) is 0 Å². The van der Waals surface area contributed by atoms with Crippen molar-refractivity contribution in [2.24, 2.45) is 0 Å². The predicted octanol–water partition coefficient (Wildman–Crippen LogP) is 3.06. The first-order valence-corrected chi connectivity index (χ1v) is 4.69. The second-order valence-corrected chi connectivity index (χ2v) is 3.52. The van der Waals surface area contributed by atoms with Gasteiger partial charge in [-0.05, 0) is 29.8 Å². The largest absolute Gasteiger partial charge is 0.478 e. The molecule has 2 aromatic rings. The third-order valence-corrected chi connectivity index (χ3v) is 2.33. The summed E-state index contributed by atoms with van der Waals surface area (Å²) in [7, 11) is 0. The van der Waals surface area contributed by atoms with Crippen molar-refractivity contribution in [1.29, 1.82) is 0 Å². The van der Waals surface area contributed by atoms with E-state index in [0.29, 0.717) is 10.9 Å². The molecule has 84 valence electrons. The number of hydrogen-bond acceptors (Lipinski definition) is 3. The normalized spacial score (nSPS) is 9.88. The van der Waals surface area contributed by atoms with E-state index in [2.05, 4.69) is 9.97 Å². The molecular formula is C9H5Cl3N2O2. The van der Waals surface area contributed by atoms with Gasteiger partial charge < -0.3 is 5.11 Å². The third kappa shape index (κ3) is 2.35. The maximum atomic E-state index is 10.7. The van der Waals surface area contributed by atoms with Crippen molar-refractivity contribution in [2.45, 2.75) is 0 Å². The Labute approximate surface area is 107 Å². The molecule has 1 N–H and O–H groups in total. The van der Waals surface area contributed by atoms with Crippen LogP contribution in [0.3, 0.4) is 0 Å². The summed E-state index contributed by atoms with van der Waals surface area (Å²) in [5.41, 5.74) is 0.549. The van der Waals surface area contributed by atoms with E-state index in [1.807, 2.05) is 0 Å². The van der Waals surface area contributed by atoms with Crippen molar-refractivity contribution in [1.82, 2.24) is 9.97 Å². The molecule has 0 aliphatic rings. The predicted molar refractivity (Wildman–Crippen MR) is 63.8 cm³/mol. The van der Waals surface area contributed by atoms with Crippen LogP contribution in [0.2, 0.25) is 10.4 Å². The van der Waals surface area contributed by atoms with E-state index in [9.17, 15) is 4.79 Å². The fraction of sp³-hybridized carbons (Fsp3) is 0. The highest BCUT2D eigenvalue weighted by atomic mass is 35.5. The summed E-state index contributed by atoms with van der Waals surface area (Å²) >= 11 is 11.4. The maximum Gasteiger partial charge on any atom is 0.335 e. The lowest BCUT2D eigenvalue weighted by molar-refractivity contribution is 0.0697. The van der Waals surface area contributed by atoms with Crippen molar-refractivity contribution in [2.75, 3.05) is 0 Å². The highest BCUT2D eigenvalue weighted by molar-refractivity contribution is 6.35. The monoisotopic (exact) mass is 278 g/mol. The van der Waals surface area contributed by atoms with Crippen molar-refractivity contribution < 1.29 is 9.90 Å². The minimum absolute atomic E-state index is 0. The Hall–Kier alpha value is -1.10. The molecule has 0 spiro atoms. The molecule has 0 saturated carbocycles. The summed E-state index contributed by atoms with van der Waals surface area (Å²) in [4.78, 5) is 18.3. The molecule has 0 bridgehead atoms. The topological polar surface area (TPSA) is 63.1 Å². The smallest absolute Gasteiger partial charge is 0.335 e. The van der Waals surface area contributed by atoms with Crippen LogP contribution in [-0.4, -0.2) is 21.0 Å². The molecule has 1 heterocycles. The Bertz CT molecular complexity index is 560. The minimum atomic E-state index is -1.03. The number of carboxylic acid groups (broad SMARTS) is 1. The minimum Gasteiger partial charge on any atom is -0.478 e. The number of hydrogen-bond donors (Lipinski definition) is 1. The van der Waals surface area contributed by atoms with Gasteiger partial charge in [0.2, 0.25) is 5.28 Å². The Morgan fingerprint density at radius 3 is 2.56 bits per heavy atom. The van der Waals surface area contributed by atoms with Crippen LogP contribution in [-0.2, 0) is 0 Å². The van der Waals surface area contributed by atoms with Gasteiger partial charge in [0.15, 0.2) is 0 Å². The molecule has 16 heavy (non-hydrogen) atoms. The fourth-order valence-corrected chi connectivity index (χ4v) is 1.66. The molecule has 0 radical (unpaired) electrons. The zero-order valence-electron chi connectivity index (χ0n) is 7.65. The van der Waals surface area contributed by atoms with Gasteiger partial charge in [0.1, 0.15) is 5.15 Å². The van der Waals surface area contributed by atoms with E-state index in [4.69, 9.17) is 28.3 Å². The van der Waals surface area contributed by atoms with E-state index in [-0.39, 0.29) is 28.4 Å². The van der Waals surface area contributed by atoms with Crippen LogP contribution < -0.4 is 0 Å². The number of halogens is 3. The number of carbonyl (C=O) groups is 1. The summed E-state index contributed by atoms with van der Waals surface area (Å²) in [6.45, 7) is 0. The first kappa shape index (κ1) is 13.0. The summed E-state index contributed by atoms with van der Waals surface area (Å²) in [6, 6.07) is 4.39. The van der Waals surface area contributed by atoms with E-state index in [0.717, 1.165) is 0 Å². The Balaban J connectivity index is 0.00000128. The highest BCUT2D eigenvalue weighted by Crippen LogP contribution is 2.22. The molecule has 7 heteroatoms. The molecule has 4 nitrogen and oxygen atoms in total. The average Bonchev–Trinajstić information content (AvgIpc) is 2.16. The van der Waals surface area contributed by atoms with E-state index < -0.39 is 5.97 Å². The molecule has 1 aromatic carbocycles. The second-order valence-electron chi connectivity index (χ2n) is 2.82. The van der Waals surface area contributed by atoms with Crippen LogP contribution >= 0.6 is 35.6 Å². The Morgan fingerprint density at radius 2 is 1.94 bits per heavy atom. The summed E-state index contributed by atoms with van der Waals surface area (Å²) < 4.78 is 0. The summed E-state index contributed by atoms with van der Waals surface area (Å²) in [6.07, 6.45) is 0. The zero-order chi connectivity index (χ0) is 11.0. The molecule has 0 saturated heterocycles. The van der Waals surface area contributed by atoms with Gasteiger partial charge in [-0.1, -0.05) is 11.6 Å². The quantitative estimate of drug-likeness (QED) is 0.644. The molecule has 0 atom stereocenters. The number of carboxylic acids is 1. The lowest BCUT2D eigenvalue weighted by Crippen LogP contribution is -1.96. The molecule has 2 rings (SSSR count). The van der Waals surface area contributed by atoms with Gasteiger partial charge in [0, 0.05) is 5.39 Å². The van der Waals surface area contributed by atoms with Gasteiger partial charge in [-0.2, -0.15) is 0 Å². The van der Waals surface area contributed by atoms with Crippen LogP contribution in [0, 0.1) is 0 Å². The van der Waals surface area contributed by atoms with E-state index >= 15 is 0 Å². The Kier molecular flexibility index (Phi) is 3.91.